The van der Waals surface area contributed by atoms with Crippen LogP contribution in [0, 0.1) is 0 Å². The second-order valence-electron chi connectivity index (χ2n) is 4.55. The molecule has 1 fully saturated rings. The van der Waals surface area contributed by atoms with Crippen LogP contribution in [0.15, 0.2) is 9.85 Å². The number of piperidine rings is 1. The van der Waals surface area contributed by atoms with E-state index in [0.29, 0.717) is 6.04 Å². The molecule has 2 unspecified atom stereocenters. The number of thioether (sulfide) groups is 1. The Bertz CT molecular complexity index is 383. The van der Waals surface area contributed by atoms with Gasteiger partial charge in [0.25, 0.3) is 0 Å². The monoisotopic (exact) mass is 285 g/mol. The van der Waals surface area contributed by atoms with Crippen molar-refractivity contribution in [1.82, 2.24) is 15.1 Å². The first-order valence-electron chi connectivity index (χ1n) is 6.45. The van der Waals surface area contributed by atoms with Crippen molar-refractivity contribution in [3.63, 3.8) is 0 Å². The van der Waals surface area contributed by atoms with Crippen molar-refractivity contribution in [2.45, 2.75) is 55.2 Å². The molecule has 2 atom stereocenters. The van der Waals surface area contributed by atoms with Crippen molar-refractivity contribution in [1.29, 1.82) is 0 Å². The Morgan fingerprint density at radius 3 is 3.17 bits per heavy atom. The van der Waals surface area contributed by atoms with Crippen LogP contribution in [0.4, 0.5) is 0 Å². The molecule has 0 spiro atoms. The second-order valence-corrected chi connectivity index (χ2v) is 6.98. The zero-order chi connectivity index (χ0) is 13.0. The molecule has 0 aromatic carbocycles. The van der Waals surface area contributed by atoms with Crippen LogP contribution in [-0.4, -0.2) is 38.8 Å². The van der Waals surface area contributed by atoms with E-state index in [1.807, 2.05) is 6.92 Å². The zero-order valence-corrected chi connectivity index (χ0v) is 12.5. The molecule has 1 aliphatic rings. The second kappa shape index (κ2) is 6.52. The average molecular weight is 285 g/mol. The maximum atomic E-state index is 12.5. The molecule has 0 radical (unpaired) electrons. The van der Waals surface area contributed by atoms with Gasteiger partial charge in [-0.3, -0.25) is 4.79 Å². The van der Waals surface area contributed by atoms with Gasteiger partial charge in [-0.2, -0.15) is 0 Å². The van der Waals surface area contributed by atoms with Gasteiger partial charge in [-0.1, -0.05) is 30.0 Å². The van der Waals surface area contributed by atoms with E-state index < -0.39 is 0 Å². The van der Waals surface area contributed by atoms with Crippen molar-refractivity contribution < 1.29 is 4.79 Å². The number of amides is 1. The molecule has 1 saturated heterocycles. The first kappa shape index (κ1) is 13.8. The van der Waals surface area contributed by atoms with E-state index in [1.54, 1.807) is 5.51 Å². The molecule has 0 bridgehead atoms. The van der Waals surface area contributed by atoms with E-state index in [1.165, 1.54) is 29.5 Å². The highest BCUT2D eigenvalue weighted by molar-refractivity contribution is 8.02. The molecule has 0 saturated carbocycles. The SMILES string of the molecule is CCC1CCCCN1C(=O)C(C)Sc1nncs1. The van der Waals surface area contributed by atoms with Crippen molar-refractivity contribution in [3.8, 4) is 0 Å². The lowest BCUT2D eigenvalue weighted by atomic mass is 10.00. The van der Waals surface area contributed by atoms with Crippen LogP contribution < -0.4 is 0 Å². The Balaban J connectivity index is 1.96. The highest BCUT2D eigenvalue weighted by Crippen LogP contribution is 2.28. The van der Waals surface area contributed by atoms with Crippen LogP contribution in [0.2, 0.25) is 0 Å². The Morgan fingerprint density at radius 1 is 1.67 bits per heavy atom. The molecule has 4 nitrogen and oxygen atoms in total. The first-order valence-corrected chi connectivity index (χ1v) is 8.21. The van der Waals surface area contributed by atoms with Crippen LogP contribution >= 0.6 is 23.1 Å². The van der Waals surface area contributed by atoms with Gasteiger partial charge < -0.3 is 4.90 Å². The van der Waals surface area contributed by atoms with E-state index in [0.717, 1.165) is 30.1 Å². The maximum Gasteiger partial charge on any atom is 0.236 e. The summed E-state index contributed by atoms with van der Waals surface area (Å²) in [6, 6.07) is 0.434. The van der Waals surface area contributed by atoms with E-state index in [-0.39, 0.29) is 11.2 Å². The van der Waals surface area contributed by atoms with Gasteiger partial charge in [0.1, 0.15) is 5.51 Å². The summed E-state index contributed by atoms with van der Waals surface area (Å²) in [6.07, 6.45) is 4.60. The minimum absolute atomic E-state index is 0.0647. The van der Waals surface area contributed by atoms with E-state index in [4.69, 9.17) is 0 Å². The summed E-state index contributed by atoms with van der Waals surface area (Å²) >= 11 is 3.01. The number of hydrogen-bond donors (Lipinski definition) is 0. The number of rotatable bonds is 4. The number of hydrogen-bond acceptors (Lipinski definition) is 5. The first-order chi connectivity index (χ1) is 8.72. The van der Waals surface area contributed by atoms with E-state index in [9.17, 15) is 4.79 Å². The van der Waals surface area contributed by atoms with Crippen molar-refractivity contribution in [2.24, 2.45) is 0 Å². The van der Waals surface area contributed by atoms with Gasteiger partial charge in [0.05, 0.1) is 5.25 Å². The van der Waals surface area contributed by atoms with Crippen LogP contribution in [-0.2, 0) is 4.79 Å². The third-order valence-corrected chi connectivity index (χ3v) is 5.25. The molecule has 0 aliphatic carbocycles. The summed E-state index contributed by atoms with van der Waals surface area (Å²) in [7, 11) is 0. The van der Waals surface area contributed by atoms with Gasteiger partial charge in [-0.15, -0.1) is 10.2 Å². The fourth-order valence-electron chi connectivity index (χ4n) is 2.36. The third-order valence-electron chi connectivity index (χ3n) is 3.35. The highest BCUT2D eigenvalue weighted by atomic mass is 32.2. The summed E-state index contributed by atoms with van der Waals surface area (Å²) < 4.78 is 0.876. The van der Waals surface area contributed by atoms with Crippen molar-refractivity contribution in [2.75, 3.05) is 6.54 Å². The van der Waals surface area contributed by atoms with E-state index >= 15 is 0 Å². The molecule has 2 rings (SSSR count). The van der Waals surface area contributed by atoms with Crippen LogP contribution in [0.3, 0.4) is 0 Å². The Labute approximate surface area is 116 Å². The van der Waals surface area contributed by atoms with E-state index in [2.05, 4.69) is 22.0 Å². The third kappa shape index (κ3) is 3.23. The molecular formula is C12H19N3OS2. The summed E-state index contributed by atoms with van der Waals surface area (Å²) in [5.74, 6) is 0.252. The molecule has 1 aromatic heterocycles. The Kier molecular flexibility index (Phi) is 5.00. The Morgan fingerprint density at radius 2 is 2.50 bits per heavy atom. The molecule has 1 amide bonds. The quantitative estimate of drug-likeness (QED) is 0.798. The lowest BCUT2D eigenvalue weighted by Gasteiger charge is -2.36. The minimum atomic E-state index is -0.0647. The molecular weight excluding hydrogens is 266 g/mol. The standard InChI is InChI=1S/C12H19N3OS2/c1-3-10-6-4-5-7-15(10)11(16)9(2)18-12-14-13-8-17-12/h8-10H,3-7H2,1-2H3. The van der Waals surface area contributed by atoms with Crippen LogP contribution in [0.25, 0.3) is 0 Å². The molecule has 1 aromatic rings. The fraction of sp³-hybridized carbons (Fsp3) is 0.750. The predicted molar refractivity (Wildman–Crippen MR) is 74.9 cm³/mol. The van der Waals surface area contributed by atoms with Gasteiger partial charge >= 0.3 is 0 Å². The average Bonchev–Trinajstić information content (AvgIpc) is 2.90. The molecule has 1 aliphatic heterocycles. The zero-order valence-electron chi connectivity index (χ0n) is 10.8. The molecule has 6 heteroatoms. The Hall–Kier alpha value is -0.620. The molecule has 0 N–H and O–H groups in total. The van der Waals surface area contributed by atoms with Crippen molar-refractivity contribution >= 4 is 29.0 Å². The highest BCUT2D eigenvalue weighted by Gasteiger charge is 2.29. The number of carbonyl (C=O) groups excluding carboxylic acids is 1. The van der Waals surface area contributed by atoms with Crippen LogP contribution in [0.5, 0.6) is 0 Å². The number of nitrogens with zero attached hydrogens (tertiary/aromatic N) is 3. The topological polar surface area (TPSA) is 46.1 Å². The number of carbonyl (C=O) groups is 1. The van der Waals surface area contributed by atoms with Gasteiger partial charge in [0.2, 0.25) is 5.91 Å². The largest absolute Gasteiger partial charge is 0.339 e. The smallest absolute Gasteiger partial charge is 0.236 e. The lowest BCUT2D eigenvalue weighted by molar-refractivity contribution is -0.134. The normalized spacial score (nSPS) is 21.9. The molecule has 100 valence electrons. The lowest BCUT2D eigenvalue weighted by Crippen LogP contribution is -2.46. The van der Waals surface area contributed by atoms with Crippen molar-refractivity contribution in [3.05, 3.63) is 5.51 Å². The number of likely N-dealkylation sites (tertiary alicyclic amines) is 1. The maximum absolute atomic E-state index is 12.5. The van der Waals surface area contributed by atoms with Crippen LogP contribution in [0.1, 0.15) is 39.5 Å². The molecule has 2 heterocycles. The minimum Gasteiger partial charge on any atom is -0.339 e. The summed E-state index contributed by atoms with van der Waals surface area (Å²) in [5.41, 5.74) is 1.70. The molecule has 18 heavy (non-hydrogen) atoms. The summed E-state index contributed by atoms with van der Waals surface area (Å²) in [4.78, 5) is 14.5. The summed E-state index contributed by atoms with van der Waals surface area (Å²) in [5, 5.41) is 7.72. The van der Waals surface area contributed by atoms with Gasteiger partial charge in [-0.05, 0) is 32.6 Å². The predicted octanol–water partition coefficient (Wildman–Crippen LogP) is 2.81. The fourth-order valence-corrected chi connectivity index (χ4v) is 4.06. The summed E-state index contributed by atoms with van der Waals surface area (Å²) in [6.45, 7) is 5.05. The van der Waals surface area contributed by atoms with Gasteiger partial charge in [-0.25, -0.2) is 0 Å². The van der Waals surface area contributed by atoms with Gasteiger partial charge in [0, 0.05) is 12.6 Å². The van der Waals surface area contributed by atoms with Gasteiger partial charge in [0.15, 0.2) is 4.34 Å². The number of aromatic nitrogens is 2.